The first-order valence-corrected chi connectivity index (χ1v) is 8.10. The Morgan fingerprint density at radius 1 is 1.35 bits per heavy atom. The molecule has 2 rings (SSSR count). The predicted octanol–water partition coefficient (Wildman–Crippen LogP) is 2.32. The summed E-state index contributed by atoms with van der Waals surface area (Å²) in [6.45, 7) is 8.15. The minimum atomic E-state index is -0.391. The van der Waals surface area contributed by atoms with Crippen molar-refractivity contribution in [3.8, 4) is 10.6 Å². The Labute approximate surface area is 139 Å². The van der Waals surface area contributed by atoms with Crippen LogP contribution in [0.25, 0.3) is 10.6 Å². The Bertz CT molecular complexity index is 693. The number of aryl methyl sites for hydroxylation is 1. The molecule has 0 aromatic carbocycles. The topological polar surface area (TPSA) is 100 Å². The maximum absolute atomic E-state index is 11.6. The molecule has 0 fully saturated rings. The highest BCUT2D eigenvalue weighted by Gasteiger charge is 2.19. The van der Waals surface area contributed by atoms with Gasteiger partial charge in [0.1, 0.15) is 5.82 Å². The van der Waals surface area contributed by atoms with Gasteiger partial charge in [-0.1, -0.05) is 32.1 Å². The summed E-state index contributed by atoms with van der Waals surface area (Å²) in [7, 11) is 0. The average molecular weight is 335 g/mol. The van der Waals surface area contributed by atoms with Crippen LogP contribution in [0, 0.1) is 6.92 Å². The quantitative estimate of drug-likeness (QED) is 0.796. The maximum atomic E-state index is 11.6. The van der Waals surface area contributed by atoms with Gasteiger partial charge in [0.25, 0.3) is 0 Å². The molecular weight excluding hydrogens is 314 g/mol. The largest absolute Gasteiger partial charge is 0.395 e. The molecule has 0 saturated carbocycles. The first-order chi connectivity index (χ1) is 10.8. The van der Waals surface area contributed by atoms with Gasteiger partial charge in [-0.3, -0.25) is 5.32 Å². The van der Waals surface area contributed by atoms with Crippen LogP contribution in [-0.4, -0.2) is 39.2 Å². The molecule has 8 heteroatoms. The number of rotatable bonds is 4. The van der Waals surface area contributed by atoms with E-state index in [1.54, 1.807) is 6.20 Å². The summed E-state index contributed by atoms with van der Waals surface area (Å²) in [6, 6.07) is 1.45. The maximum Gasteiger partial charge on any atom is 0.321 e. The van der Waals surface area contributed by atoms with E-state index >= 15 is 0 Å². The molecule has 3 N–H and O–H groups in total. The van der Waals surface area contributed by atoms with Gasteiger partial charge in [-0.15, -0.1) is 0 Å². The van der Waals surface area contributed by atoms with Crippen LogP contribution < -0.4 is 10.6 Å². The fraction of sp³-hybridized carbons (Fsp3) is 0.467. The lowest BCUT2D eigenvalue weighted by molar-refractivity contribution is 0.245. The molecule has 0 radical (unpaired) electrons. The van der Waals surface area contributed by atoms with Crippen molar-refractivity contribution in [1.82, 2.24) is 20.3 Å². The molecule has 0 bridgehead atoms. The Balaban J connectivity index is 2.23. The number of carbonyl (C=O) groups is 1. The number of nitrogens with one attached hydrogen (secondary N) is 2. The second-order valence-corrected chi connectivity index (χ2v) is 7.05. The summed E-state index contributed by atoms with van der Waals surface area (Å²) in [4.78, 5) is 25.8. The van der Waals surface area contributed by atoms with Crippen molar-refractivity contribution in [3.63, 3.8) is 0 Å². The first-order valence-electron chi connectivity index (χ1n) is 7.28. The molecule has 0 unspecified atom stereocenters. The van der Waals surface area contributed by atoms with Crippen LogP contribution in [0.5, 0.6) is 0 Å². The van der Waals surface area contributed by atoms with Crippen molar-refractivity contribution in [3.05, 3.63) is 23.8 Å². The molecule has 2 aromatic heterocycles. The van der Waals surface area contributed by atoms with Gasteiger partial charge in [0.05, 0.1) is 22.9 Å². The zero-order chi connectivity index (χ0) is 17.0. The zero-order valence-electron chi connectivity index (χ0n) is 13.7. The highest BCUT2D eigenvalue weighted by Crippen LogP contribution is 2.32. The fourth-order valence-electron chi connectivity index (χ4n) is 1.84. The molecule has 2 aromatic rings. The molecule has 0 aliphatic heterocycles. The molecule has 0 spiro atoms. The van der Waals surface area contributed by atoms with Crippen LogP contribution in [0.2, 0.25) is 0 Å². The number of carbonyl (C=O) groups excluding carboxylic acids is 1. The minimum Gasteiger partial charge on any atom is -0.395 e. The molecule has 23 heavy (non-hydrogen) atoms. The third kappa shape index (κ3) is 4.46. The number of aliphatic hydroxyl groups is 1. The van der Waals surface area contributed by atoms with Crippen LogP contribution in [0.15, 0.2) is 12.3 Å². The van der Waals surface area contributed by atoms with Crippen LogP contribution in [0.1, 0.15) is 32.3 Å². The van der Waals surface area contributed by atoms with Crippen molar-refractivity contribution in [2.24, 2.45) is 0 Å². The third-order valence-corrected chi connectivity index (χ3v) is 4.07. The smallest absolute Gasteiger partial charge is 0.321 e. The van der Waals surface area contributed by atoms with Crippen LogP contribution >= 0.6 is 11.3 Å². The molecule has 2 heterocycles. The number of anilines is 1. The van der Waals surface area contributed by atoms with Gasteiger partial charge in [0.2, 0.25) is 0 Å². The summed E-state index contributed by atoms with van der Waals surface area (Å²) < 4.78 is 0. The van der Waals surface area contributed by atoms with Gasteiger partial charge >= 0.3 is 6.03 Å². The zero-order valence-corrected chi connectivity index (χ0v) is 14.5. The van der Waals surface area contributed by atoms with Crippen molar-refractivity contribution in [2.45, 2.75) is 33.1 Å². The van der Waals surface area contributed by atoms with Crippen LogP contribution in [0.3, 0.4) is 0 Å². The van der Waals surface area contributed by atoms with Crippen LogP contribution in [0.4, 0.5) is 9.93 Å². The predicted molar refractivity (Wildman–Crippen MR) is 90.7 cm³/mol. The van der Waals surface area contributed by atoms with Crippen molar-refractivity contribution in [2.75, 3.05) is 18.5 Å². The van der Waals surface area contributed by atoms with E-state index in [2.05, 4.69) is 46.4 Å². The van der Waals surface area contributed by atoms with Gasteiger partial charge in [-0.2, -0.15) is 0 Å². The molecule has 0 aliphatic rings. The summed E-state index contributed by atoms with van der Waals surface area (Å²) in [5.74, 6) is 0.762. The Morgan fingerprint density at radius 3 is 2.74 bits per heavy atom. The number of urea groups is 1. The second kappa shape index (κ2) is 7.01. The molecule has 124 valence electrons. The Morgan fingerprint density at radius 2 is 2.09 bits per heavy atom. The summed E-state index contributed by atoms with van der Waals surface area (Å²) in [5, 5.41) is 14.4. The molecule has 7 nitrogen and oxygen atoms in total. The standard InChI is InChI=1S/C15H21N5O2S/c1-9-11(10-5-6-16-12(19-10)15(2,3)4)23-14(18-9)20-13(22)17-7-8-21/h5-6,21H,7-8H2,1-4H3,(H2,17,18,20,22). The lowest BCUT2D eigenvalue weighted by Gasteiger charge is -2.16. The first kappa shape index (κ1) is 17.3. The Kier molecular flexibility index (Phi) is 5.27. The number of hydrogen-bond acceptors (Lipinski definition) is 6. The summed E-state index contributed by atoms with van der Waals surface area (Å²) in [6.07, 6.45) is 1.74. The molecule has 0 aliphatic carbocycles. The van der Waals surface area contributed by atoms with E-state index in [-0.39, 0.29) is 18.6 Å². The van der Waals surface area contributed by atoms with Crippen LogP contribution in [-0.2, 0) is 5.41 Å². The van der Waals surface area contributed by atoms with E-state index in [0.717, 1.165) is 22.1 Å². The van der Waals surface area contributed by atoms with Crippen molar-refractivity contribution < 1.29 is 9.90 Å². The highest BCUT2D eigenvalue weighted by atomic mass is 32.1. The van der Waals surface area contributed by atoms with E-state index in [9.17, 15) is 4.79 Å². The molecule has 0 saturated heterocycles. The number of hydrogen-bond donors (Lipinski definition) is 3. The number of thiazole rings is 1. The van der Waals surface area contributed by atoms with E-state index in [0.29, 0.717) is 5.13 Å². The molecular formula is C15H21N5O2S. The van der Waals surface area contributed by atoms with E-state index in [4.69, 9.17) is 5.11 Å². The Hall–Kier alpha value is -2.06. The summed E-state index contributed by atoms with van der Waals surface area (Å²) >= 11 is 1.36. The normalized spacial score (nSPS) is 11.3. The van der Waals surface area contributed by atoms with Crippen molar-refractivity contribution in [1.29, 1.82) is 0 Å². The summed E-state index contributed by atoms with van der Waals surface area (Å²) in [5.41, 5.74) is 1.45. The lowest BCUT2D eigenvalue weighted by atomic mass is 9.95. The monoisotopic (exact) mass is 335 g/mol. The van der Waals surface area contributed by atoms with Gasteiger partial charge < -0.3 is 10.4 Å². The number of aliphatic hydroxyl groups excluding tert-OH is 1. The average Bonchev–Trinajstić information content (AvgIpc) is 2.85. The number of aromatic nitrogens is 3. The van der Waals surface area contributed by atoms with Gasteiger partial charge in [0, 0.05) is 18.2 Å². The minimum absolute atomic E-state index is 0.105. The SMILES string of the molecule is Cc1nc(NC(=O)NCCO)sc1-c1ccnc(C(C)(C)C)n1. The fourth-order valence-corrected chi connectivity index (χ4v) is 2.78. The number of nitrogens with zero attached hydrogens (tertiary/aromatic N) is 3. The molecule has 0 atom stereocenters. The van der Waals surface area contributed by atoms with E-state index < -0.39 is 6.03 Å². The lowest BCUT2D eigenvalue weighted by Crippen LogP contribution is -2.30. The van der Waals surface area contributed by atoms with Crippen molar-refractivity contribution >= 4 is 22.5 Å². The van der Waals surface area contributed by atoms with Gasteiger partial charge in [-0.25, -0.2) is 19.7 Å². The van der Waals surface area contributed by atoms with E-state index in [1.807, 2.05) is 13.0 Å². The third-order valence-electron chi connectivity index (χ3n) is 2.97. The second-order valence-electron chi connectivity index (χ2n) is 6.05. The highest BCUT2D eigenvalue weighted by molar-refractivity contribution is 7.19. The number of amides is 2. The van der Waals surface area contributed by atoms with Gasteiger partial charge in [-0.05, 0) is 13.0 Å². The van der Waals surface area contributed by atoms with Gasteiger partial charge in [0.15, 0.2) is 5.13 Å². The van der Waals surface area contributed by atoms with E-state index in [1.165, 1.54) is 11.3 Å². The molecule has 2 amide bonds.